The quantitative estimate of drug-likeness (QED) is 0.750. The van der Waals surface area contributed by atoms with Gasteiger partial charge in [-0.25, -0.2) is 0 Å². The number of hydrogen-bond acceptors (Lipinski definition) is 4. The molecule has 1 amide bonds. The molecule has 2 aromatic carbocycles. The second-order valence-corrected chi connectivity index (χ2v) is 5.42. The third-order valence-corrected chi connectivity index (χ3v) is 3.78. The summed E-state index contributed by atoms with van der Waals surface area (Å²) in [5.41, 5.74) is 2.23. The number of anilines is 1. The summed E-state index contributed by atoms with van der Waals surface area (Å²) >= 11 is 0. The summed E-state index contributed by atoms with van der Waals surface area (Å²) < 4.78 is 12.3. The van der Waals surface area contributed by atoms with Gasteiger partial charge in [0, 0.05) is 24.0 Å². The van der Waals surface area contributed by atoms with E-state index in [1.54, 1.807) is 50.7 Å². The van der Waals surface area contributed by atoms with Gasteiger partial charge in [0.2, 0.25) is 0 Å². The molecule has 0 saturated carbocycles. The lowest BCUT2D eigenvalue weighted by atomic mass is 10.1. The first-order valence-electron chi connectivity index (χ1n) is 7.79. The molecule has 128 valence electrons. The average molecular weight is 337 g/mol. The van der Waals surface area contributed by atoms with Crippen molar-refractivity contribution >= 4 is 11.6 Å². The van der Waals surface area contributed by atoms with Crippen LogP contribution in [-0.2, 0) is 6.54 Å². The smallest absolute Gasteiger partial charge is 0.255 e. The number of benzene rings is 2. The summed E-state index contributed by atoms with van der Waals surface area (Å²) in [5.74, 6) is 1.01. The molecule has 6 heteroatoms. The molecule has 0 saturated heterocycles. The molecule has 0 aliphatic heterocycles. The summed E-state index contributed by atoms with van der Waals surface area (Å²) in [7, 11) is 3.13. The fourth-order valence-electron chi connectivity index (χ4n) is 2.44. The molecule has 0 spiro atoms. The van der Waals surface area contributed by atoms with Gasteiger partial charge in [-0.3, -0.25) is 9.48 Å². The van der Waals surface area contributed by atoms with Gasteiger partial charge >= 0.3 is 0 Å². The van der Waals surface area contributed by atoms with Crippen LogP contribution in [0.25, 0.3) is 0 Å². The molecule has 0 unspecified atom stereocenters. The van der Waals surface area contributed by atoms with Crippen molar-refractivity contribution in [2.75, 3.05) is 19.5 Å². The Morgan fingerprint density at radius 2 is 1.92 bits per heavy atom. The van der Waals surface area contributed by atoms with Crippen LogP contribution in [0.1, 0.15) is 15.9 Å². The van der Waals surface area contributed by atoms with Crippen LogP contribution in [0.5, 0.6) is 11.5 Å². The lowest BCUT2D eigenvalue weighted by Crippen LogP contribution is -2.13. The number of carbonyl (C=O) groups is 1. The molecule has 3 rings (SSSR count). The second-order valence-electron chi connectivity index (χ2n) is 5.42. The zero-order valence-electron chi connectivity index (χ0n) is 14.1. The second kappa shape index (κ2) is 7.53. The summed E-state index contributed by atoms with van der Waals surface area (Å²) in [6.07, 6.45) is 3.64. The van der Waals surface area contributed by atoms with Gasteiger partial charge in [0.25, 0.3) is 5.91 Å². The molecule has 1 N–H and O–H groups in total. The molecule has 0 aliphatic rings. The van der Waals surface area contributed by atoms with Gasteiger partial charge in [0.05, 0.1) is 26.5 Å². The zero-order valence-corrected chi connectivity index (χ0v) is 14.1. The first-order valence-corrected chi connectivity index (χ1v) is 7.79. The van der Waals surface area contributed by atoms with Gasteiger partial charge in [-0.05, 0) is 35.9 Å². The molecule has 1 aromatic heterocycles. The highest BCUT2D eigenvalue weighted by atomic mass is 16.5. The maximum absolute atomic E-state index is 12.4. The molecule has 1 heterocycles. The number of nitrogens with zero attached hydrogens (tertiary/aromatic N) is 2. The normalized spacial score (nSPS) is 10.3. The van der Waals surface area contributed by atoms with Crippen LogP contribution in [0.3, 0.4) is 0 Å². The molecular weight excluding hydrogens is 318 g/mol. The minimum Gasteiger partial charge on any atom is -0.497 e. The third-order valence-electron chi connectivity index (χ3n) is 3.78. The Morgan fingerprint density at radius 1 is 1.12 bits per heavy atom. The van der Waals surface area contributed by atoms with Crippen molar-refractivity contribution < 1.29 is 14.3 Å². The molecule has 25 heavy (non-hydrogen) atoms. The Labute approximate surface area is 146 Å². The van der Waals surface area contributed by atoms with E-state index in [1.165, 1.54) is 0 Å². The fourth-order valence-corrected chi connectivity index (χ4v) is 2.44. The lowest BCUT2D eigenvalue weighted by Gasteiger charge is -2.12. The topological polar surface area (TPSA) is 65.4 Å². The molecule has 0 atom stereocenters. The van der Waals surface area contributed by atoms with E-state index < -0.39 is 0 Å². The molecule has 0 bridgehead atoms. The first-order chi connectivity index (χ1) is 12.2. The van der Waals surface area contributed by atoms with Crippen molar-refractivity contribution in [1.29, 1.82) is 0 Å². The number of hydrogen-bond donors (Lipinski definition) is 1. The molecule has 0 aliphatic carbocycles. The Hall–Kier alpha value is -3.28. The van der Waals surface area contributed by atoms with E-state index >= 15 is 0 Å². The monoisotopic (exact) mass is 337 g/mol. The summed E-state index contributed by atoms with van der Waals surface area (Å²) in [6.45, 7) is 0.668. The number of aromatic nitrogens is 2. The Morgan fingerprint density at radius 3 is 2.56 bits per heavy atom. The predicted molar refractivity (Wildman–Crippen MR) is 95.3 cm³/mol. The highest BCUT2D eigenvalue weighted by molar-refractivity contribution is 6.05. The van der Waals surface area contributed by atoms with Crippen molar-refractivity contribution in [2.24, 2.45) is 0 Å². The van der Waals surface area contributed by atoms with Crippen LogP contribution in [-0.4, -0.2) is 29.9 Å². The number of nitrogens with one attached hydrogen (secondary N) is 1. The van der Waals surface area contributed by atoms with E-state index in [0.29, 0.717) is 29.3 Å². The number of rotatable bonds is 6. The van der Waals surface area contributed by atoms with E-state index in [1.807, 2.05) is 29.1 Å². The molecule has 0 radical (unpaired) electrons. The zero-order chi connectivity index (χ0) is 17.6. The highest BCUT2D eigenvalue weighted by Gasteiger charge is 2.11. The minimum absolute atomic E-state index is 0.200. The molecule has 3 aromatic rings. The Balaban J connectivity index is 1.71. The van der Waals surface area contributed by atoms with Crippen molar-refractivity contribution in [2.45, 2.75) is 6.54 Å². The van der Waals surface area contributed by atoms with Gasteiger partial charge in [0.1, 0.15) is 11.5 Å². The van der Waals surface area contributed by atoms with Crippen molar-refractivity contribution in [1.82, 2.24) is 9.78 Å². The van der Waals surface area contributed by atoms with Crippen molar-refractivity contribution in [3.8, 4) is 11.5 Å². The maximum Gasteiger partial charge on any atom is 0.255 e. The van der Waals surface area contributed by atoms with E-state index in [4.69, 9.17) is 9.47 Å². The van der Waals surface area contributed by atoms with Gasteiger partial charge < -0.3 is 14.8 Å². The van der Waals surface area contributed by atoms with Gasteiger partial charge in [-0.1, -0.05) is 12.1 Å². The van der Waals surface area contributed by atoms with E-state index in [-0.39, 0.29) is 5.91 Å². The molecule has 0 fully saturated rings. The predicted octanol–water partition coefficient (Wildman–Crippen LogP) is 3.20. The highest BCUT2D eigenvalue weighted by Crippen LogP contribution is 2.29. The first kappa shape index (κ1) is 16.6. The van der Waals surface area contributed by atoms with E-state index in [2.05, 4.69) is 10.4 Å². The molecular formula is C19H19N3O3. The number of ether oxygens (including phenoxy) is 2. The minimum atomic E-state index is -0.200. The van der Waals surface area contributed by atoms with Crippen LogP contribution >= 0.6 is 0 Å². The number of methoxy groups -OCH3 is 2. The van der Waals surface area contributed by atoms with Crippen LogP contribution in [0.4, 0.5) is 5.69 Å². The van der Waals surface area contributed by atoms with Gasteiger partial charge in [-0.2, -0.15) is 5.10 Å². The molecule has 6 nitrogen and oxygen atoms in total. The SMILES string of the molecule is COc1ccc(NC(=O)c2ccc(Cn3cccn3)cc2)c(OC)c1. The summed E-state index contributed by atoms with van der Waals surface area (Å²) in [5, 5.41) is 7.03. The third kappa shape index (κ3) is 3.98. The standard InChI is InChI=1S/C19H19N3O3/c1-24-16-8-9-17(18(12-16)25-2)21-19(23)15-6-4-14(5-7-15)13-22-11-3-10-20-22/h3-12H,13H2,1-2H3,(H,21,23). The van der Waals surface area contributed by atoms with Gasteiger partial charge in [-0.15, -0.1) is 0 Å². The average Bonchev–Trinajstić information content (AvgIpc) is 3.15. The van der Waals surface area contributed by atoms with Gasteiger partial charge in [0.15, 0.2) is 0 Å². The number of amides is 1. The van der Waals surface area contributed by atoms with Crippen LogP contribution in [0, 0.1) is 0 Å². The maximum atomic E-state index is 12.4. The van der Waals surface area contributed by atoms with E-state index in [0.717, 1.165) is 5.56 Å². The van der Waals surface area contributed by atoms with E-state index in [9.17, 15) is 4.79 Å². The summed E-state index contributed by atoms with van der Waals surface area (Å²) in [4.78, 5) is 12.4. The summed E-state index contributed by atoms with van der Waals surface area (Å²) in [6, 6.07) is 14.6. The van der Waals surface area contributed by atoms with Crippen LogP contribution < -0.4 is 14.8 Å². The van der Waals surface area contributed by atoms with Crippen LogP contribution in [0.15, 0.2) is 60.9 Å². The van der Waals surface area contributed by atoms with Crippen LogP contribution in [0.2, 0.25) is 0 Å². The lowest BCUT2D eigenvalue weighted by molar-refractivity contribution is 0.102. The Kier molecular flexibility index (Phi) is 4.99. The van der Waals surface area contributed by atoms with Crippen molar-refractivity contribution in [3.63, 3.8) is 0 Å². The fraction of sp³-hybridized carbons (Fsp3) is 0.158. The largest absolute Gasteiger partial charge is 0.497 e. The Bertz CT molecular complexity index is 843. The van der Waals surface area contributed by atoms with Crippen molar-refractivity contribution in [3.05, 3.63) is 72.1 Å². The number of carbonyl (C=O) groups excluding carboxylic acids is 1.